The number of benzene rings is 1. The predicted molar refractivity (Wildman–Crippen MR) is 81.1 cm³/mol. The van der Waals surface area contributed by atoms with Gasteiger partial charge in [0.25, 0.3) is 5.56 Å². The normalized spacial score (nSPS) is 10.1. The van der Waals surface area contributed by atoms with Gasteiger partial charge < -0.3 is 9.88 Å². The quantitative estimate of drug-likeness (QED) is 0.691. The van der Waals surface area contributed by atoms with Crippen molar-refractivity contribution in [3.8, 4) is 17.5 Å². The topological polar surface area (TPSA) is 72.8 Å². The Morgan fingerprint density at radius 2 is 1.95 bits per heavy atom. The number of nitrogens with zero attached hydrogens (tertiary/aromatic N) is 3. The SMILES string of the molecule is CSc1nc(-c2ccc(N(C)C)cc2)[nH]c(=O)c1C#N. The third-order valence-corrected chi connectivity index (χ3v) is 3.53. The number of rotatable bonds is 3. The number of aromatic amines is 1. The second-order valence-corrected chi connectivity index (χ2v) is 5.15. The molecule has 5 nitrogen and oxygen atoms in total. The second-order valence-electron chi connectivity index (χ2n) is 4.35. The largest absolute Gasteiger partial charge is 0.378 e. The maximum atomic E-state index is 11.9. The molecule has 0 saturated heterocycles. The zero-order valence-corrected chi connectivity index (χ0v) is 12.3. The van der Waals surface area contributed by atoms with E-state index in [1.54, 1.807) is 6.26 Å². The van der Waals surface area contributed by atoms with Gasteiger partial charge in [-0.25, -0.2) is 4.98 Å². The summed E-state index contributed by atoms with van der Waals surface area (Å²) in [5, 5.41) is 9.41. The third kappa shape index (κ3) is 2.68. The smallest absolute Gasteiger partial charge is 0.270 e. The summed E-state index contributed by atoms with van der Waals surface area (Å²) in [6, 6.07) is 9.57. The molecule has 0 bridgehead atoms. The van der Waals surface area contributed by atoms with Crippen LogP contribution in [-0.4, -0.2) is 30.3 Å². The Kier molecular flexibility index (Phi) is 4.11. The number of hydrogen-bond acceptors (Lipinski definition) is 5. The molecule has 0 saturated carbocycles. The van der Waals surface area contributed by atoms with Crippen molar-refractivity contribution >= 4 is 17.4 Å². The number of nitrogens with one attached hydrogen (secondary N) is 1. The molecule has 0 radical (unpaired) electrons. The number of H-pyrrole nitrogens is 1. The fourth-order valence-corrected chi connectivity index (χ4v) is 2.28. The van der Waals surface area contributed by atoms with E-state index in [4.69, 9.17) is 5.26 Å². The minimum absolute atomic E-state index is 0.0613. The summed E-state index contributed by atoms with van der Waals surface area (Å²) in [7, 11) is 3.92. The van der Waals surface area contributed by atoms with E-state index in [0.29, 0.717) is 10.9 Å². The van der Waals surface area contributed by atoms with E-state index >= 15 is 0 Å². The van der Waals surface area contributed by atoms with Gasteiger partial charge in [-0.2, -0.15) is 5.26 Å². The summed E-state index contributed by atoms with van der Waals surface area (Å²) in [5.74, 6) is 0.476. The Balaban J connectivity index is 2.51. The minimum Gasteiger partial charge on any atom is -0.378 e. The lowest BCUT2D eigenvalue weighted by Gasteiger charge is -2.12. The molecule has 20 heavy (non-hydrogen) atoms. The molecule has 1 aromatic heterocycles. The Morgan fingerprint density at radius 1 is 1.30 bits per heavy atom. The number of nitriles is 1. The molecule has 0 aliphatic heterocycles. The standard InChI is InChI=1S/C14H14N4OS/c1-18(2)10-6-4-9(5-7-10)12-16-13(19)11(8-15)14(17-12)20-3/h4-7H,1-3H3,(H,16,17,19). The van der Waals surface area contributed by atoms with Crippen LogP contribution in [0.3, 0.4) is 0 Å². The van der Waals surface area contributed by atoms with Crippen LogP contribution in [0.4, 0.5) is 5.69 Å². The van der Waals surface area contributed by atoms with Gasteiger partial charge in [-0.15, -0.1) is 11.8 Å². The van der Waals surface area contributed by atoms with Crippen molar-refractivity contribution in [3.63, 3.8) is 0 Å². The summed E-state index contributed by atoms with van der Waals surface area (Å²) in [4.78, 5) is 20.8. The molecule has 2 aromatic rings. The molecule has 2 rings (SSSR count). The van der Waals surface area contributed by atoms with Crippen molar-refractivity contribution in [3.05, 3.63) is 40.2 Å². The van der Waals surface area contributed by atoms with E-state index in [1.165, 1.54) is 11.8 Å². The first-order valence-electron chi connectivity index (χ1n) is 5.93. The van der Waals surface area contributed by atoms with Crippen LogP contribution in [0, 0.1) is 11.3 Å². The first-order chi connectivity index (χ1) is 9.56. The van der Waals surface area contributed by atoms with Gasteiger partial charge in [0.05, 0.1) is 0 Å². The van der Waals surface area contributed by atoms with E-state index in [1.807, 2.05) is 49.3 Å². The Bertz CT molecular complexity index is 713. The van der Waals surface area contributed by atoms with E-state index in [9.17, 15) is 4.79 Å². The van der Waals surface area contributed by atoms with Crippen molar-refractivity contribution in [1.29, 1.82) is 5.26 Å². The molecule has 1 heterocycles. The maximum absolute atomic E-state index is 11.9. The van der Waals surface area contributed by atoms with E-state index in [-0.39, 0.29) is 5.56 Å². The van der Waals surface area contributed by atoms with Crippen LogP contribution in [0.1, 0.15) is 5.56 Å². The summed E-state index contributed by atoms with van der Waals surface area (Å²) >= 11 is 1.29. The molecule has 6 heteroatoms. The van der Waals surface area contributed by atoms with Gasteiger partial charge in [-0.3, -0.25) is 4.79 Å². The highest BCUT2D eigenvalue weighted by Crippen LogP contribution is 2.21. The van der Waals surface area contributed by atoms with Crippen LogP contribution in [-0.2, 0) is 0 Å². The molecule has 0 aliphatic rings. The second kappa shape index (κ2) is 5.80. The first kappa shape index (κ1) is 14.2. The third-order valence-electron chi connectivity index (χ3n) is 2.85. The van der Waals surface area contributed by atoms with Crippen molar-refractivity contribution < 1.29 is 0 Å². The zero-order valence-electron chi connectivity index (χ0n) is 11.5. The molecule has 0 aliphatic carbocycles. The minimum atomic E-state index is -0.404. The van der Waals surface area contributed by atoms with Gasteiger partial charge in [0.15, 0.2) is 0 Å². The van der Waals surface area contributed by atoms with Gasteiger partial charge in [0.1, 0.15) is 22.5 Å². The first-order valence-corrected chi connectivity index (χ1v) is 7.15. The van der Waals surface area contributed by atoms with Crippen LogP contribution in [0.5, 0.6) is 0 Å². The molecule has 0 atom stereocenters. The lowest BCUT2D eigenvalue weighted by Crippen LogP contribution is -2.14. The van der Waals surface area contributed by atoms with Crippen LogP contribution >= 0.6 is 11.8 Å². The zero-order chi connectivity index (χ0) is 14.7. The van der Waals surface area contributed by atoms with Crippen molar-refractivity contribution in [2.45, 2.75) is 5.03 Å². The number of anilines is 1. The highest BCUT2D eigenvalue weighted by Gasteiger charge is 2.11. The lowest BCUT2D eigenvalue weighted by molar-refractivity contribution is 1.01. The van der Waals surface area contributed by atoms with Crippen molar-refractivity contribution in [1.82, 2.24) is 9.97 Å². The average molecular weight is 286 g/mol. The van der Waals surface area contributed by atoms with Crippen LogP contribution < -0.4 is 10.5 Å². The number of thioether (sulfide) groups is 1. The van der Waals surface area contributed by atoms with Gasteiger partial charge in [0, 0.05) is 25.3 Å². The number of aromatic nitrogens is 2. The molecule has 102 valence electrons. The van der Waals surface area contributed by atoms with Crippen LogP contribution in [0.2, 0.25) is 0 Å². The van der Waals surface area contributed by atoms with E-state index in [2.05, 4.69) is 9.97 Å². The molecular weight excluding hydrogens is 272 g/mol. The van der Waals surface area contributed by atoms with Crippen molar-refractivity contribution in [2.75, 3.05) is 25.3 Å². The summed E-state index contributed by atoms with van der Waals surface area (Å²) in [6.45, 7) is 0. The van der Waals surface area contributed by atoms with Crippen LogP contribution in [0.15, 0.2) is 34.1 Å². The molecule has 1 aromatic carbocycles. The summed E-state index contributed by atoms with van der Waals surface area (Å²) < 4.78 is 0. The molecule has 0 spiro atoms. The summed E-state index contributed by atoms with van der Waals surface area (Å²) in [5.41, 5.74) is 1.53. The summed E-state index contributed by atoms with van der Waals surface area (Å²) in [6.07, 6.45) is 1.79. The van der Waals surface area contributed by atoms with E-state index < -0.39 is 5.56 Å². The molecule has 0 unspecified atom stereocenters. The Labute approximate surface area is 121 Å². The molecule has 0 amide bonds. The van der Waals surface area contributed by atoms with Gasteiger partial charge in [0.2, 0.25) is 0 Å². The highest BCUT2D eigenvalue weighted by atomic mass is 32.2. The predicted octanol–water partition coefficient (Wildman–Crippen LogP) is 2.10. The average Bonchev–Trinajstić information content (AvgIpc) is 2.46. The molecule has 1 N–H and O–H groups in total. The Hall–Kier alpha value is -2.26. The fraction of sp³-hybridized carbons (Fsp3) is 0.214. The number of hydrogen-bond donors (Lipinski definition) is 1. The monoisotopic (exact) mass is 286 g/mol. The van der Waals surface area contributed by atoms with Crippen LogP contribution in [0.25, 0.3) is 11.4 Å². The highest BCUT2D eigenvalue weighted by molar-refractivity contribution is 7.98. The maximum Gasteiger partial charge on any atom is 0.270 e. The molecular formula is C14H14N4OS. The van der Waals surface area contributed by atoms with Gasteiger partial charge >= 0.3 is 0 Å². The van der Waals surface area contributed by atoms with Crippen molar-refractivity contribution in [2.24, 2.45) is 0 Å². The lowest BCUT2D eigenvalue weighted by atomic mass is 10.2. The van der Waals surface area contributed by atoms with Gasteiger partial charge in [-0.05, 0) is 30.5 Å². The Morgan fingerprint density at radius 3 is 2.45 bits per heavy atom. The molecule has 0 fully saturated rings. The fourth-order valence-electron chi connectivity index (χ4n) is 1.75. The van der Waals surface area contributed by atoms with E-state index in [0.717, 1.165) is 11.3 Å². The van der Waals surface area contributed by atoms with Gasteiger partial charge in [-0.1, -0.05) is 0 Å².